The van der Waals surface area contributed by atoms with Gasteiger partial charge in [-0.05, 0) is 36.1 Å². The number of anilines is 1. The van der Waals surface area contributed by atoms with Gasteiger partial charge in [0.2, 0.25) is 0 Å². The van der Waals surface area contributed by atoms with E-state index in [9.17, 15) is 4.79 Å². The Bertz CT molecular complexity index is 778. The minimum absolute atomic E-state index is 0.0906. The summed E-state index contributed by atoms with van der Waals surface area (Å²) >= 11 is 0. The first-order valence-corrected chi connectivity index (χ1v) is 7.22. The Kier molecular flexibility index (Phi) is 4.01. The molecule has 0 atom stereocenters. The number of nitrogens with one attached hydrogen (secondary N) is 1. The first kappa shape index (κ1) is 13.4. The molecular formula is C18H18N2O. The number of rotatable bonds is 5. The van der Waals surface area contributed by atoms with Crippen LogP contribution in [0.4, 0.5) is 5.69 Å². The number of hydrogen-bond acceptors (Lipinski definition) is 2. The number of benzene rings is 2. The first-order valence-electron chi connectivity index (χ1n) is 7.22. The van der Waals surface area contributed by atoms with E-state index >= 15 is 0 Å². The van der Waals surface area contributed by atoms with Crippen LogP contribution in [0.15, 0.2) is 71.7 Å². The zero-order valence-electron chi connectivity index (χ0n) is 11.8. The van der Waals surface area contributed by atoms with E-state index in [1.807, 2.05) is 66.9 Å². The molecule has 3 heteroatoms. The van der Waals surface area contributed by atoms with Gasteiger partial charge in [-0.1, -0.05) is 36.4 Å². The summed E-state index contributed by atoms with van der Waals surface area (Å²) in [6.45, 7) is 1.58. The standard InChI is InChI=1S/C18H18N2O/c21-18-17-10-5-4-7-15(17)11-14-20(18)13-6-12-19-16-8-2-1-3-9-16/h1-5,7-11,14,19H,6,12-13H2. The third-order valence-corrected chi connectivity index (χ3v) is 3.56. The number of pyridine rings is 1. The van der Waals surface area contributed by atoms with Crippen molar-refractivity contribution in [3.8, 4) is 0 Å². The molecule has 2 aromatic carbocycles. The monoisotopic (exact) mass is 278 g/mol. The van der Waals surface area contributed by atoms with Gasteiger partial charge in [0.25, 0.3) is 5.56 Å². The molecule has 0 aliphatic rings. The quantitative estimate of drug-likeness (QED) is 0.725. The number of aryl methyl sites for hydroxylation is 1. The number of para-hydroxylation sites is 1. The van der Waals surface area contributed by atoms with Crippen molar-refractivity contribution in [1.29, 1.82) is 0 Å². The maximum atomic E-state index is 12.3. The van der Waals surface area contributed by atoms with Crippen LogP contribution in [0.3, 0.4) is 0 Å². The van der Waals surface area contributed by atoms with Crippen LogP contribution in [0.2, 0.25) is 0 Å². The molecule has 3 aromatic rings. The second-order valence-electron chi connectivity index (χ2n) is 5.05. The molecule has 106 valence electrons. The molecule has 3 nitrogen and oxygen atoms in total. The molecule has 0 unspecified atom stereocenters. The third kappa shape index (κ3) is 3.14. The van der Waals surface area contributed by atoms with Gasteiger partial charge in [-0.2, -0.15) is 0 Å². The zero-order valence-corrected chi connectivity index (χ0v) is 11.8. The van der Waals surface area contributed by atoms with E-state index in [1.165, 1.54) is 0 Å². The van der Waals surface area contributed by atoms with E-state index in [4.69, 9.17) is 0 Å². The van der Waals surface area contributed by atoms with E-state index in [0.29, 0.717) is 0 Å². The molecule has 0 saturated heterocycles. The molecule has 1 aromatic heterocycles. The fraction of sp³-hybridized carbons (Fsp3) is 0.167. The molecular weight excluding hydrogens is 260 g/mol. The lowest BCUT2D eigenvalue weighted by Crippen LogP contribution is -2.20. The molecule has 0 radical (unpaired) electrons. The number of fused-ring (bicyclic) bond motifs is 1. The van der Waals surface area contributed by atoms with Gasteiger partial charge in [0.15, 0.2) is 0 Å². The second-order valence-corrected chi connectivity index (χ2v) is 5.05. The molecule has 1 N–H and O–H groups in total. The van der Waals surface area contributed by atoms with E-state index in [2.05, 4.69) is 5.32 Å². The van der Waals surface area contributed by atoms with Crippen LogP contribution in [-0.4, -0.2) is 11.1 Å². The highest BCUT2D eigenvalue weighted by Crippen LogP contribution is 2.08. The average Bonchev–Trinajstić information content (AvgIpc) is 2.55. The molecule has 3 rings (SSSR count). The van der Waals surface area contributed by atoms with Crippen LogP contribution in [0.1, 0.15) is 6.42 Å². The van der Waals surface area contributed by atoms with Gasteiger partial charge in [0.05, 0.1) is 0 Å². The number of aromatic nitrogens is 1. The van der Waals surface area contributed by atoms with Crippen LogP contribution in [0.5, 0.6) is 0 Å². The Morgan fingerprint density at radius 3 is 2.52 bits per heavy atom. The van der Waals surface area contributed by atoms with Gasteiger partial charge < -0.3 is 9.88 Å². The van der Waals surface area contributed by atoms with Gasteiger partial charge in [0.1, 0.15) is 0 Å². The van der Waals surface area contributed by atoms with Crippen molar-refractivity contribution in [3.05, 3.63) is 77.2 Å². The highest BCUT2D eigenvalue weighted by Gasteiger charge is 2.01. The minimum Gasteiger partial charge on any atom is -0.385 e. The summed E-state index contributed by atoms with van der Waals surface area (Å²) in [5.74, 6) is 0. The summed E-state index contributed by atoms with van der Waals surface area (Å²) in [4.78, 5) is 12.3. The van der Waals surface area contributed by atoms with E-state index in [-0.39, 0.29) is 5.56 Å². The van der Waals surface area contributed by atoms with Gasteiger partial charge in [-0.15, -0.1) is 0 Å². The van der Waals surface area contributed by atoms with Crippen molar-refractivity contribution in [2.75, 3.05) is 11.9 Å². The normalized spacial score (nSPS) is 10.7. The summed E-state index contributed by atoms with van der Waals surface area (Å²) < 4.78 is 1.79. The molecule has 1 heterocycles. The van der Waals surface area contributed by atoms with E-state index in [0.717, 1.165) is 36.0 Å². The fourth-order valence-corrected chi connectivity index (χ4v) is 2.44. The Hall–Kier alpha value is -2.55. The summed E-state index contributed by atoms with van der Waals surface area (Å²) in [5, 5.41) is 5.15. The third-order valence-electron chi connectivity index (χ3n) is 3.56. The van der Waals surface area contributed by atoms with E-state index < -0.39 is 0 Å². The average molecular weight is 278 g/mol. The highest BCUT2D eigenvalue weighted by molar-refractivity contribution is 5.81. The number of nitrogens with zero attached hydrogens (tertiary/aromatic N) is 1. The van der Waals surface area contributed by atoms with Crippen molar-refractivity contribution in [2.45, 2.75) is 13.0 Å². The lowest BCUT2D eigenvalue weighted by atomic mass is 10.2. The largest absolute Gasteiger partial charge is 0.385 e. The van der Waals surface area contributed by atoms with E-state index in [1.54, 1.807) is 4.57 Å². The topological polar surface area (TPSA) is 34.0 Å². The SMILES string of the molecule is O=c1c2ccccc2ccn1CCCNc1ccccc1. The molecule has 0 aliphatic carbocycles. The molecule has 0 fully saturated rings. The van der Waals surface area contributed by atoms with Crippen molar-refractivity contribution in [3.63, 3.8) is 0 Å². The lowest BCUT2D eigenvalue weighted by Gasteiger charge is -2.09. The highest BCUT2D eigenvalue weighted by atomic mass is 16.1. The van der Waals surface area contributed by atoms with Crippen molar-refractivity contribution in [2.24, 2.45) is 0 Å². The molecule has 21 heavy (non-hydrogen) atoms. The summed E-state index contributed by atoms with van der Waals surface area (Å²) in [6, 6.07) is 19.8. The van der Waals surface area contributed by atoms with Gasteiger partial charge in [-0.3, -0.25) is 4.79 Å². The molecule has 0 amide bonds. The fourth-order valence-electron chi connectivity index (χ4n) is 2.44. The second kappa shape index (κ2) is 6.27. The van der Waals surface area contributed by atoms with Crippen molar-refractivity contribution in [1.82, 2.24) is 4.57 Å². The van der Waals surface area contributed by atoms with Crippen LogP contribution < -0.4 is 10.9 Å². The molecule has 0 spiro atoms. The maximum absolute atomic E-state index is 12.3. The summed E-state index contributed by atoms with van der Waals surface area (Å²) in [6.07, 6.45) is 2.79. The Morgan fingerprint density at radius 1 is 0.905 bits per heavy atom. The molecule has 0 aliphatic heterocycles. The van der Waals surface area contributed by atoms with Crippen molar-refractivity contribution < 1.29 is 0 Å². The maximum Gasteiger partial charge on any atom is 0.258 e. The van der Waals surface area contributed by atoms with Gasteiger partial charge in [0, 0.05) is 30.4 Å². The van der Waals surface area contributed by atoms with Crippen molar-refractivity contribution >= 4 is 16.5 Å². The summed E-state index contributed by atoms with van der Waals surface area (Å²) in [5.41, 5.74) is 1.20. The van der Waals surface area contributed by atoms with Gasteiger partial charge in [-0.25, -0.2) is 0 Å². The summed E-state index contributed by atoms with van der Waals surface area (Å²) in [7, 11) is 0. The Morgan fingerprint density at radius 2 is 1.67 bits per heavy atom. The zero-order chi connectivity index (χ0) is 14.5. The van der Waals surface area contributed by atoms with Crippen LogP contribution >= 0.6 is 0 Å². The van der Waals surface area contributed by atoms with Crippen LogP contribution in [0.25, 0.3) is 10.8 Å². The lowest BCUT2D eigenvalue weighted by molar-refractivity contribution is 0.644. The van der Waals surface area contributed by atoms with Crippen LogP contribution in [-0.2, 0) is 6.54 Å². The Balaban J connectivity index is 1.63. The Labute approximate surface area is 123 Å². The minimum atomic E-state index is 0.0906. The number of hydrogen-bond donors (Lipinski definition) is 1. The predicted molar refractivity (Wildman–Crippen MR) is 87.8 cm³/mol. The molecule has 0 saturated carbocycles. The smallest absolute Gasteiger partial charge is 0.258 e. The first-order chi connectivity index (χ1) is 10.3. The van der Waals surface area contributed by atoms with Crippen LogP contribution in [0, 0.1) is 0 Å². The predicted octanol–water partition coefficient (Wildman–Crippen LogP) is 3.50. The molecule has 0 bridgehead atoms. The van der Waals surface area contributed by atoms with Gasteiger partial charge >= 0.3 is 0 Å².